The molecule has 3 rings (SSSR count). The zero-order valence-corrected chi connectivity index (χ0v) is 14.8. The Labute approximate surface area is 154 Å². The van der Waals surface area contributed by atoms with Crippen molar-refractivity contribution in [2.75, 3.05) is 5.32 Å². The first kappa shape index (κ1) is 18.3. The van der Waals surface area contributed by atoms with E-state index < -0.39 is 18.0 Å². The summed E-state index contributed by atoms with van der Waals surface area (Å²) in [4.78, 5) is 23.9. The Morgan fingerprint density at radius 3 is 2.70 bits per heavy atom. The summed E-state index contributed by atoms with van der Waals surface area (Å²) in [5, 5.41) is 14.0. The number of hydrogen-bond acceptors (Lipinski definition) is 8. The van der Waals surface area contributed by atoms with Crippen molar-refractivity contribution in [1.29, 1.82) is 0 Å². The molecular weight excluding hydrogens is 352 g/mol. The highest BCUT2D eigenvalue weighted by Crippen LogP contribution is 2.17. The van der Waals surface area contributed by atoms with Crippen LogP contribution in [0.3, 0.4) is 0 Å². The molecule has 0 aliphatic carbocycles. The highest BCUT2D eigenvalue weighted by atomic mass is 16.5. The standard InChI is InChI=1S/C18H18N4O5/c1-11-10-15(27-22-11)19-17(24)12(2)25-16(23)9-8-14-20-21-18(26-14)13-6-4-3-5-7-13/h3-7,10,12H,8-9H2,1-2H3,(H,19,24)/t12-/m1/s1. The fourth-order valence-electron chi connectivity index (χ4n) is 2.22. The molecule has 0 aliphatic rings. The first-order chi connectivity index (χ1) is 13.0. The van der Waals surface area contributed by atoms with Gasteiger partial charge in [0, 0.05) is 18.1 Å². The zero-order chi connectivity index (χ0) is 19.2. The van der Waals surface area contributed by atoms with Gasteiger partial charge in [-0.1, -0.05) is 23.4 Å². The highest BCUT2D eigenvalue weighted by molar-refractivity contribution is 5.94. The number of carbonyl (C=O) groups excluding carboxylic acids is 2. The molecule has 1 atom stereocenters. The Hall–Kier alpha value is -3.49. The maximum Gasteiger partial charge on any atom is 0.307 e. The largest absolute Gasteiger partial charge is 0.453 e. The molecule has 0 aliphatic heterocycles. The molecule has 0 saturated carbocycles. The predicted molar refractivity (Wildman–Crippen MR) is 93.5 cm³/mol. The van der Waals surface area contributed by atoms with Crippen molar-refractivity contribution in [3.63, 3.8) is 0 Å². The summed E-state index contributed by atoms with van der Waals surface area (Å²) in [7, 11) is 0. The van der Waals surface area contributed by atoms with Crippen molar-refractivity contribution in [3.05, 3.63) is 48.0 Å². The second kappa shape index (κ2) is 8.26. The van der Waals surface area contributed by atoms with E-state index in [1.165, 1.54) is 6.92 Å². The molecule has 0 saturated heterocycles. The molecule has 0 bridgehead atoms. The molecule has 2 aromatic heterocycles. The first-order valence-electron chi connectivity index (χ1n) is 8.33. The van der Waals surface area contributed by atoms with Crippen LogP contribution in [0.5, 0.6) is 0 Å². The Kier molecular flexibility index (Phi) is 5.60. The Bertz CT molecular complexity index is 919. The molecule has 3 aromatic rings. The smallest absolute Gasteiger partial charge is 0.307 e. The predicted octanol–water partition coefficient (Wildman–Crippen LogP) is 2.54. The molecule has 0 unspecified atom stereocenters. The number of nitrogens with zero attached hydrogens (tertiary/aromatic N) is 3. The van der Waals surface area contributed by atoms with Gasteiger partial charge in [-0.3, -0.25) is 14.9 Å². The average molecular weight is 370 g/mol. The van der Waals surface area contributed by atoms with Crippen LogP contribution in [-0.4, -0.2) is 33.3 Å². The average Bonchev–Trinajstić information content (AvgIpc) is 3.29. The molecule has 1 N–H and O–H groups in total. The molecule has 0 spiro atoms. The van der Waals surface area contributed by atoms with Crippen LogP contribution in [0.2, 0.25) is 0 Å². The van der Waals surface area contributed by atoms with Crippen LogP contribution in [0.1, 0.15) is 24.9 Å². The second-order valence-corrected chi connectivity index (χ2v) is 5.82. The number of amides is 1. The van der Waals surface area contributed by atoms with Gasteiger partial charge in [0.2, 0.25) is 17.7 Å². The van der Waals surface area contributed by atoms with Crippen LogP contribution < -0.4 is 5.32 Å². The maximum absolute atomic E-state index is 12.0. The maximum atomic E-state index is 12.0. The number of hydrogen-bond donors (Lipinski definition) is 1. The van der Waals surface area contributed by atoms with Crippen molar-refractivity contribution >= 4 is 17.8 Å². The molecule has 0 fully saturated rings. The van der Waals surface area contributed by atoms with Crippen LogP contribution in [0, 0.1) is 6.92 Å². The molecule has 27 heavy (non-hydrogen) atoms. The number of ether oxygens (including phenoxy) is 1. The normalized spacial score (nSPS) is 11.8. The highest BCUT2D eigenvalue weighted by Gasteiger charge is 2.20. The Morgan fingerprint density at radius 1 is 1.22 bits per heavy atom. The van der Waals surface area contributed by atoms with Crippen LogP contribution in [0.25, 0.3) is 11.5 Å². The number of aromatic nitrogens is 3. The van der Waals surface area contributed by atoms with Crippen molar-refractivity contribution in [3.8, 4) is 11.5 Å². The summed E-state index contributed by atoms with van der Waals surface area (Å²) in [6.45, 7) is 3.19. The van der Waals surface area contributed by atoms with Crippen LogP contribution >= 0.6 is 0 Å². The third-order valence-corrected chi connectivity index (χ3v) is 3.58. The van der Waals surface area contributed by atoms with Gasteiger partial charge in [-0.15, -0.1) is 10.2 Å². The first-order valence-corrected chi connectivity index (χ1v) is 8.33. The Morgan fingerprint density at radius 2 is 2.00 bits per heavy atom. The van der Waals surface area contributed by atoms with Gasteiger partial charge in [0.05, 0.1) is 12.1 Å². The minimum Gasteiger partial charge on any atom is -0.453 e. The zero-order valence-electron chi connectivity index (χ0n) is 14.8. The fraction of sp³-hybridized carbons (Fsp3) is 0.278. The van der Waals surface area contributed by atoms with E-state index in [1.807, 2.05) is 30.3 Å². The van der Waals surface area contributed by atoms with Gasteiger partial charge >= 0.3 is 5.97 Å². The van der Waals surface area contributed by atoms with Gasteiger partial charge in [-0.05, 0) is 26.0 Å². The lowest BCUT2D eigenvalue weighted by Crippen LogP contribution is -2.29. The van der Waals surface area contributed by atoms with Crippen molar-refractivity contribution in [1.82, 2.24) is 15.4 Å². The number of benzene rings is 1. The lowest BCUT2D eigenvalue weighted by Gasteiger charge is -2.11. The SMILES string of the molecule is Cc1cc(NC(=O)[C@@H](C)OC(=O)CCc2nnc(-c3ccccc3)o2)on1. The van der Waals surface area contributed by atoms with E-state index >= 15 is 0 Å². The lowest BCUT2D eigenvalue weighted by molar-refractivity contribution is -0.153. The van der Waals surface area contributed by atoms with E-state index in [1.54, 1.807) is 13.0 Å². The van der Waals surface area contributed by atoms with E-state index in [0.29, 0.717) is 17.5 Å². The third-order valence-electron chi connectivity index (χ3n) is 3.58. The molecule has 140 valence electrons. The van der Waals surface area contributed by atoms with E-state index in [2.05, 4.69) is 20.7 Å². The van der Waals surface area contributed by atoms with Crippen molar-refractivity contribution in [2.45, 2.75) is 32.8 Å². The van der Waals surface area contributed by atoms with E-state index in [-0.39, 0.29) is 18.7 Å². The van der Waals surface area contributed by atoms with Gasteiger partial charge in [0.25, 0.3) is 5.91 Å². The van der Waals surface area contributed by atoms with E-state index in [4.69, 9.17) is 13.7 Å². The minimum absolute atomic E-state index is 0.00938. The quantitative estimate of drug-likeness (QED) is 0.630. The molecular formula is C18H18N4O5. The summed E-state index contributed by atoms with van der Waals surface area (Å²) in [5.41, 5.74) is 1.43. The number of rotatable bonds is 7. The van der Waals surface area contributed by atoms with Gasteiger partial charge < -0.3 is 13.7 Å². The number of nitrogens with one attached hydrogen (secondary N) is 1. The summed E-state index contributed by atoms with van der Waals surface area (Å²) < 4.78 is 15.5. The van der Waals surface area contributed by atoms with Gasteiger partial charge in [-0.2, -0.15) is 0 Å². The molecule has 1 amide bonds. The third kappa shape index (κ3) is 5.00. The minimum atomic E-state index is -0.981. The lowest BCUT2D eigenvalue weighted by atomic mass is 10.2. The number of carbonyl (C=O) groups is 2. The van der Waals surface area contributed by atoms with E-state index in [9.17, 15) is 9.59 Å². The Balaban J connectivity index is 1.46. The van der Waals surface area contributed by atoms with Crippen molar-refractivity contribution < 1.29 is 23.3 Å². The molecule has 0 radical (unpaired) electrons. The van der Waals surface area contributed by atoms with Gasteiger partial charge in [0.15, 0.2) is 6.10 Å². The fourth-order valence-corrected chi connectivity index (χ4v) is 2.22. The molecule has 2 heterocycles. The summed E-state index contributed by atoms with van der Waals surface area (Å²) in [6, 6.07) is 10.9. The summed E-state index contributed by atoms with van der Waals surface area (Å²) in [5.74, 6) is -0.164. The van der Waals surface area contributed by atoms with Crippen molar-refractivity contribution in [2.24, 2.45) is 0 Å². The topological polar surface area (TPSA) is 120 Å². The van der Waals surface area contributed by atoms with Crippen LogP contribution in [0.15, 0.2) is 45.3 Å². The summed E-state index contributed by atoms with van der Waals surface area (Å²) in [6.07, 6.45) is -0.755. The molecule has 1 aromatic carbocycles. The summed E-state index contributed by atoms with van der Waals surface area (Å²) >= 11 is 0. The van der Waals surface area contributed by atoms with Crippen LogP contribution in [0.4, 0.5) is 5.88 Å². The molecule has 9 heteroatoms. The molecule has 9 nitrogen and oxygen atoms in total. The van der Waals surface area contributed by atoms with Gasteiger partial charge in [-0.25, -0.2) is 0 Å². The monoisotopic (exact) mass is 370 g/mol. The van der Waals surface area contributed by atoms with Gasteiger partial charge in [0.1, 0.15) is 0 Å². The number of anilines is 1. The number of esters is 1. The van der Waals surface area contributed by atoms with Crippen LogP contribution in [-0.2, 0) is 20.7 Å². The van der Waals surface area contributed by atoms with E-state index in [0.717, 1.165) is 5.56 Å². The number of aryl methyl sites for hydroxylation is 2. The second-order valence-electron chi connectivity index (χ2n) is 5.82.